The minimum Gasteiger partial charge on any atom is -0.394 e. The van der Waals surface area contributed by atoms with Crippen LogP contribution in [0.1, 0.15) is 208 Å². The largest absolute Gasteiger partial charge is 0.394 e. The van der Waals surface area contributed by atoms with Gasteiger partial charge in [0.25, 0.3) is 0 Å². The van der Waals surface area contributed by atoms with E-state index in [2.05, 4.69) is 167 Å². The van der Waals surface area contributed by atoms with Crippen LogP contribution in [0.25, 0.3) is 0 Å². The van der Waals surface area contributed by atoms with E-state index < -0.39 is 0 Å². The van der Waals surface area contributed by atoms with Crippen molar-refractivity contribution in [2.45, 2.75) is 217 Å². The number of nitrogens with zero attached hydrogens (tertiary/aromatic N) is 1. The van der Waals surface area contributed by atoms with E-state index in [4.69, 9.17) is 48.3 Å². The Balaban J connectivity index is -0.0000000215. The molecule has 544 valence electrons. The third kappa shape index (κ3) is 285. The van der Waals surface area contributed by atoms with Gasteiger partial charge in [-0.2, -0.15) is 0 Å². The zero-order chi connectivity index (χ0) is 70.0. The highest BCUT2D eigenvalue weighted by atomic mass is 16.3. The predicted molar refractivity (Wildman–Crippen MR) is 401 cm³/mol. The summed E-state index contributed by atoms with van der Waals surface area (Å²) in [4.78, 5) is 84.6. The van der Waals surface area contributed by atoms with Gasteiger partial charge in [-0.3, -0.25) is 4.79 Å². The number of likely N-dealkylation sites (tertiary alicyclic amines) is 1. The quantitative estimate of drug-likeness (QED) is 0.104. The van der Waals surface area contributed by atoms with Crippen LogP contribution in [-0.2, 0) is 67.2 Å². The molecule has 0 aromatic heterocycles. The number of hydrogen-bond donors (Lipinski definition) is 9. The van der Waals surface area contributed by atoms with Crippen molar-refractivity contribution in [2.24, 2.45) is 29.2 Å². The number of rotatable bonds is 6. The third-order valence-electron chi connectivity index (χ3n) is 8.34. The number of amides is 1. The van der Waals surface area contributed by atoms with Crippen LogP contribution >= 0.6 is 0 Å². The molecule has 1 aliphatic rings. The number of nitrogens with two attached hydrogens (primary N) is 2. The fourth-order valence-corrected chi connectivity index (χ4v) is 3.35. The highest BCUT2D eigenvalue weighted by molar-refractivity contribution is 5.73. The lowest BCUT2D eigenvalue weighted by atomic mass is 10.1. The van der Waals surface area contributed by atoms with Crippen LogP contribution < -0.4 is 48.4 Å². The molecule has 1 amide bonds. The Morgan fingerprint density at radius 2 is 0.539 bits per heavy atom. The van der Waals surface area contributed by atoms with Gasteiger partial charge in [-0.1, -0.05) is 241 Å². The average Bonchev–Trinajstić information content (AvgIpc) is 3.58. The van der Waals surface area contributed by atoms with E-state index >= 15 is 0 Å². The number of carbonyl (C=O) groups excluding carboxylic acids is 10. The Labute approximate surface area is 552 Å². The van der Waals surface area contributed by atoms with Gasteiger partial charge in [0.1, 0.15) is 61.1 Å². The number of benzene rings is 3. The van der Waals surface area contributed by atoms with Crippen molar-refractivity contribution in [1.29, 1.82) is 0 Å². The number of piperidine rings is 1. The highest BCUT2D eigenvalue weighted by Crippen LogP contribution is 2.07. The molecule has 23 N–H and O–H groups in total. The van der Waals surface area contributed by atoms with Crippen LogP contribution in [0.4, 0.5) is 0 Å². The molecule has 0 aliphatic carbocycles. The van der Waals surface area contributed by atoms with Crippen molar-refractivity contribution < 1.29 is 53.1 Å². The smallest absolute Gasteiger partial charge is 0.219 e. The van der Waals surface area contributed by atoms with Gasteiger partial charge in [0.05, 0.1) is 0 Å². The van der Waals surface area contributed by atoms with Gasteiger partial charge < -0.3 is 102 Å². The molecule has 1 heterocycles. The summed E-state index contributed by atoms with van der Waals surface area (Å²) in [7, 11) is 3.00. The first-order valence-corrected chi connectivity index (χ1v) is 27.9. The fourth-order valence-electron chi connectivity index (χ4n) is 3.35. The van der Waals surface area contributed by atoms with Crippen molar-refractivity contribution in [3.8, 4) is 0 Å². The van der Waals surface area contributed by atoms with E-state index in [1.54, 1.807) is 20.8 Å². The van der Waals surface area contributed by atoms with Gasteiger partial charge in [-0.25, -0.2) is 0 Å². The van der Waals surface area contributed by atoms with Gasteiger partial charge >= 0.3 is 0 Å². The minimum absolute atomic E-state index is 0. The second-order valence-electron chi connectivity index (χ2n) is 15.3. The summed E-state index contributed by atoms with van der Waals surface area (Å²) in [5.41, 5.74) is 13.2. The zero-order valence-corrected chi connectivity index (χ0v) is 61.6. The molecule has 1 saturated heterocycles. The van der Waals surface area contributed by atoms with Crippen LogP contribution in [0.2, 0.25) is 0 Å². The molecule has 0 unspecified atom stereocenters. The Bertz CT molecular complexity index is 1200. The minimum atomic E-state index is -0.167. The first-order valence-electron chi connectivity index (χ1n) is 27.9. The van der Waals surface area contributed by atoms with E-state index in [0.717, 1.165) is 50.1 Å². The lowest BCUT2D eigenvalue weighted by Crippen LogP contribution is -2.33. The van der Waals surface area contributed by atoms with Crippen LogP contribution in [-0.4, -0.2) is 110 Å². The van der Waals surface area contributed by atoms with Gasteiger partial charge in [0.2, 0.25) is 5.91 Å². The van der Waals surface area contributed by atoms with E-state index in [-0.39, 0.29) is 56.3 Å². The Morgan fingerprint density at radius 1 is 0.404 bits per heavy atom. The molecule has 0 spiro atoms. The van der Waals surface area contributed by atoms with E-state index in [0.29, 0.717) is 0 Å². The molecule has 89 heavy (non-hydrogen) atoms. The molecule has 0 bridgehead atoms. The van der Waals surface area contributed by atoms with Gasteiger partial charge in [-0.15, -0.1) is 0 Å². The lowest BCUT2D eigenvalue weighted by molar-refractivity contribution is -0.129. The lowest BCUT2D eigenvalue weighted by Gasteiger charge is -2.24. The summed E-state index contributed by atoms with van der Waals surface area (Å²) in [5.74, 6) is 2.88. The first kappa shape index (κ1) is 166. The maximum absolute atomic E-state index is 10.7. The monoisotopic (exact) mass is 1290 g/mol. The maximum atomic E-state index is 10.7. The molecule has 0 atom stereocenters. The summed E-state index contributed by atoms with van der Waals surface area (Å²) in [6, 6.07) is 31.4. The first-order chi connectivity index (χ1) is 39.6. The van der Waals surface area contributed by atoms with Crippen molar-refractivity contribution >= 4 is 67.0 Å². The number of carbonyl (C=O) groups is 10. The van der Waals surface area contributed by atoms with Crippen LogP contribution in [0.15, 0.2) is 103 Å². The number of aliphatic hydroxyl groups excluding tert-OH is 1. The van der Waals surface area contributed by atoms with Crippen molar-refractivity contribution in [1.82, 2.24) is 41.8 Å². The van der Waals surface area contributed by atoms with E-state index in [1.165, 1.54) is 69.3 Å². The standard InChI is InChI=1S/3C8H10.C7H13NO.3C5H12.C4H8.C3H8O.2C2H6.2CH5N.9CH2O.CH4.6H3N/c3*1-2-8-6-4-3-5-7-8;1-7(9)8-5-3-2-4-6-8;3*1-4-5(2)3;1-3-4-2;1-3(2)4;13*1-2;;;;;;;/h3*3-7H,2H2,1H3;2-6H2,1H3;3*5H,4H2,1-3H3;2*3-4H,1-2H3;2*1-2H3;2*2H2,1H3;9*1H2;1H4;6*1H3/b;;;;;;;4-3-;;;;;;;;;;;;;;;;;;;;;. The van der Waals surface area contributed by atoms with Gasteiger partial charge in [0, 0.05) is 26.1 Å². The number of aliphatic hydroxyl groups is 1. The molecule has 4 rings (SSSR count). The Morgan fingerprint density at radius 3 is 0.607 bits per heavy atom. The van der Waals surface area contributed by atoms with E-state index in [9.17, 15) is 4.79 Å². The molecule has 0 radical (unpaired) electrons. The fraction of sp³-hybridized carbons (Fsp3) is 0.565. The van der Waals surface area contributed by atoms with Crippen LogP contribution in [0.3, 0.4) is 0 Å². The number of aryl methyl sites for hydroxylation is 3. The van der Waals surface area contributed by atoms with E-state index in [1.807, 2.05) is 138 Å². The summed E-state index contributed by atoms with van der Waals surface area (Å²) in [6.07, 6.45) is 14.9. The highest BCUT2D eigenvalue weighted by Gasteiger charge is 2.11. The molecule has 20 heteroatoms. The molecule has 0 saturated carbocycles. The average molecular weight is 1290 g/mol. The molecule has 1 aliphatic heterocycles. The second-order valence-corrected chi connectivity index (χ2v) is 15.3. The summed E-state index contributed by atoms with van der Waals surface area (Å²) >= 11 is 0. The molecule has 1 fully saturated rings. The molecular weight excluding hydrogens is 1130 g/mol. The van der Waals surface area contributed by atoms with Crippen LogP contribution in [0.5, 0.6) is 0 Å². The SMILES string of the molecule is C.C/C=C\C.C=O.C=O.C=O.C=O.C=O.C=O.C=O.C=O.C=O.CC.CC.CC(=O)N1CCCCC1.CC(C)O.CCC(C)C.CCC(C)C.CCC(C)C.CCc1ccccc1.CCc1ccccc1.CCc1ccccc1.CN.CN.N.N.N.N.N.N. The molecule has 3 aromatic carbocycles. The maximum Gasteiger partial charge on any atom is 0.219 e. The van der Waals surface area contributed by atoms with Gasteiger partial charge in [0.15, 0.2) is 0 Å². The summed E-state index contributed by atoms with van der Waals surface area (Å²) in [6.45, 7) is 63.5. The topological polar surface area (TPSA) is 456 Å². The van der Waals surface area contributed by atoms with Crippen molar-refractivity contribution in [3.05, 3.63) is 120 Å². The summed E-state index contributed by atoms with van der Waals surface area (Å²) in [5, 5.41) is 8.06. The molecular formula is C69H157N9O11. The number of hydrogen-bond acceptors (Lipinski definition) is 19. The van der Waals surface area contributed by atoms with Crippen molar-refractivity contribution in [2.75, 3.05) is 27.2 Å². The third-order valence-corrected chi connectivity index (χ3v) is 8.34. The Kier molecular flexibility index (Phi) is 418. The predicted octanol–water partition coefficient (Wildman–Crippen LogP) is 17.0. The second kappa shape index (κ2) is 224. The van der Waals surface area contributed by atoms with Gasteiger partial charge in [-0.05, 0) is 115 Å². The Hall–Kier alpha value is -6.46. The normalized spacial score (nSPS) is 7.60. The van der Waals surface area contributed by atoms with Crippen molar-refractivity contribution in [3.63, 3.8) is 0 Å². The number of allylic oxidation sites excluding steroid dienone is 2. The molecule has 3 aromatic rings. The van der Waals surface area contributed by atoms with Crippen LogP contribution in [0, 0.1) is 17.8 Å². The molecule has 20 nitrogen and oxygen atoms in total. The summed E-state index contributed by atoms with van der Waals surface area (Å²) < 4.78 is 0. The zero-order valence-electron chi connectivity index (χ0n) is 61.6.